The van der Waals surface area contributed by atoms with Crippen molar-refractivity contribution in [3.8, 4) is 0 Å². The van der Waals surface area contributed by atoms with E-state index in [0.717, 1.165) is 10.5 Å². The Labute approximate surface area is 99.4 Å². The number of carbonyl (C=O) groups excluding carboxylic acids is 2. The van der Waals surface area contributed by atoms with Crippen LogP contribution in [0.15, 0.2) is 18.3 Å². The van der Waals surface area contributed by atoms with Gasteiger partial charge in [0.2, 0.25) is 0 Å². The Balaban J connectivity index is 2.18. The summed E-state index contributed by atoms with van der Waals surface area (Å²) in [5.74, 6) is -0.394. The van der Waals surface area contributed by atoms with E-state index in [-0.39, 0.29) is 6.54 Å². The smallest absolute Gasteiger partial charge is 0.417 e. The number of aromatic nitrogens is 1. The molecule has 5 heteroatoms. The fourth-order valence-electron chi connectivity index (χ4n) is 1.59. The predicted octanol–water partition coefficient (Wildman–Crippen LogP) is 1.97. The molecule has 2 rings (SSSR count). The molecule has 1 aliphatic rings. The highest BCUT2D eigenvalue weighted by atomic mass is 16.6. The first kappa shape index (κ1) is 11.6. The summed E-state index contributed by atoms with van der Waals surface area (Å²) in [6.07, 6.45) is 0.912. The molecule has 1 aliphatic heterocycles. The van der Waals surface area contributed by atoms with Gasteiger partial charge in [0.15, 0.2) is 0 Å². The summed E-state index contributed by atoms with van der Waals surface area (Å²) < 4.78 is 5.16. The van der Waals surface area contributed by atoms with Gasteiger partial charge in [0.25, 0.3) is 5.91 Å². The molecule has 0 N–H and O–H groups in total. The summed E-state index contributed by atoms with van der Waals surface area (Å²) in [7, 11) is 0. The Bertz CT molecular complexity index is 477. The number of rotatable bonds is 0. The first-order valence-electron chi connectivity index (χ1n) is 5.37. The van der Waals surface area contributed by atoms with Crippen LogP contribution < -0.4 is 0 Å². The largest absolute Gasteiger partial charge is 0.443 e. The van der Waals surface area contributed by atoms with Crippen molar-refractivity contribution in [2.75, 3.05) is 0 Å². The van der Waals surface area contributed by atoms with Gasteiger partial charge >= 0.3 is 6.09 Å². The van der Waals surface area contributed by atoms with Crippen LogP contribution in [-0.4, -0.2) is 27.5 Å². The van der Waals surface area contributed by atoms with Crippen LogP contribution in [0, 0.1) is 0 Å². The maximum Gasteiger partial charge on any atom is 0.417 e. The zero-order chi connectivity index (χ0) is 12.6. The summed E-state index contributed by atoms with van der Waals surface area (Å²) in [6.45, 7) is 5.52. The molecule has 90 valence electrons. The van der Waals surface area contributed by atoms with Crippen molar-refractivity contribution >= 4 is 12.0 Å². The fraction of sp³-hybridized carbons (Fsp3) is 0.417. The van der Waals surface area contributed by atoms with Crippen molar-refractivity contribution in [1.29, 1.82) is 0 Å². The van der Waals surface area contributed by atoms with Crippen molar-refractivity contribution < 1.29 is 14.3 Å². The average molecular weight is 234 g/mol. The van der Waals surface area contributed by atoms with Crippen molar-refractivity contribution in [2.24, 2.45) is 0 Å². The van der Waals surface area contributed by atoms with E-state index in [1.165, 1.54) is 6.20 Å². The third kappa shape index (κ3) is 2.27. The first-order chi connectivity index (χ1) is 7.88. The van der Waals surface area contributed by atoms with Gasteiger partial charge in [-0.15, -0.1) is 0 Å². The Morgan fingerprint density at radius 1 is 1.47 bits per heavy atom. The zero-order valence-electron chi connectivity index (χ0n) is 10.1. The molecule has 0 bridgehead atoms. The molecule has 2 amide bonds. The van der Waals surface area contributed by atoms with Crippen LogP contribution in [0.5, 0.6) is 0 Å². The summed E-state index contributed by atoms with van der Waals surface area (Å²) in [6, 6.07) is 3.52. The molecule has 5 nitrogen and oxygen atoms in total. The maximum absolute atomic E-state index is 11.9. The van der Waals surface area contributed by atoms with E-state index in [4.69, 9.17) is 4.74 Å². The summed E-state index contributed by atoms with van der Waals surface area (Å²) in [5.41, 5.74) is 0.473. The fourth-order valence-corrected chi connectivity index (χ4v) is 1.59. The molecule has 0 saturated heterocycles. The molecule has 0 aromatic carbocycles. The number of hydrogen-bond donors (Lipinski definition) is 0. The minimum absolute atomic E-state index is 0.233. The van der Waals surface area contributed by atoms with E-state index in [9.17, 15) is 9.59 Å². The standard InChI is InChI=1S/C12H14N2O3/c1-12(2,3)17-11(16)14-7-8-5-4-6-13-9(8)10(14)15/h4-6H,7H2,1-3H3. The van der Waals surface area contributed by atoms with Gasteiger partial charge < -0.3 is 4.74 Å². The molecule has 0 unspecified atom stereocenters. The lowest BCUT2D eigenvalue weighted by Gasteiger charge is -2.23. The SMILES string of the molecule is CC(C)(C)OC(=O)N1Cc2cccnc2C1=O. The molecular weight excluding hydrogens is 220 g/mol. The van der Waals surface area contributed by atoms with E-state index < -0.39 is 17.6 Å². The van der Waals surface area contributed by atoms with E-state index in [2.05, 4.69) is 4.98 Å². The van der Waals surface area contributed by atoms with Gasteiger partial charge in [-0.25, -0.2) is 9.69 Å². The quantitative estimate of drug-likeness (QED) is 0.688. The van der Waals surface area contributed by atoms with Crippen molar-refractivity contribution in [2.45, 2.75) is 32.9 Å². The summed E-state index contributed by atoms with van der Waals surface area (Å²) in [5, 5.41) is 0. The molecule has 0 saturated carbocycles. The second-order valence-corrected chi connectivity index (χ2v) is 4.88. The minimum Gasteiger partial charge on any atom is -0.443 e. The van der Waals surface area contributed by atoms with Crippen LogP contribution in [0.25, 0.3) is 0 Å². The zero-order valence-corrected chi connectivity index (χ0v) is 10.1. The number of hydrogen-bond acceptors (Lipinski definition) is 4. The number of amides is 2. The lowest BCUT2D eigenvalue weighted by Crippen LogP contribution is -2.37. The molecular formula is C12H14N2O3. The lowest BCUT2D eigenvalue weighted by atomic mass is 10.2. The molecule has 17 heavy (non-hydrogen) atoms. The Morgan fingerprint density at radius 3 is 2.76 bits per heavy atom. The number of imide groups is 1. The lowest BCUT2D eigenvalue weighted by molar-refractivity contribution is 0.0247. The van der Waals surface area contributed by atoms with Gasteiger partial charge in [0.1, 0.15) is 11.3 Å². The van der Waals surface area contributed by atoms with Crippen molar-refractivity contribution in [3.63, 3.8) is 0 Å². The topological polar surface area (TPSA) is 59.5 Å². The van der Waals surface area contributed by atoms with Crippen LogP contribution in [0.2, 0.25) is 0 Å². The highest BCUT2D eigenvalue weighted by Gasteiger charge is 2.35. The highest BCUT2D eigenvalue weighted by molar-refractivity contribution is 6.05. The van der Waals surface area contributed by atoms with Crippen molar-refractivity contribution in [3.05, 3.63) is 29.6 Å². The van der Waals surface area contributed by atoms with E-state index in [0.29, 0.717) is 5.69 Å². The summed E-state index contributed by atoms with van der Waals surface area (Å²) in [4.78, 5) is 28.7. The molecule has 0 fully saturated rings. The Kier molecular flexibility index (Phi) is 2.61. The number of ether oxygens (including phenoxy) is 1. The third-order valence-electron chi connectivity index (χ3n) is 2.28. The van der Waals surface area contributed by atoms with Crippen molar-refractivity contribution in [1.82, 2.24) is 9.88 Å². The normalized spacial score (nSPS) is 14.8. The molecule has 1 aromatic rings. The minimum atomic E-state index is -0.625. The van der Waals surface area contributed by atoms with Crippen LogP contribution in [0.1, 0.15) is 36.8 Å². The molecule has 2 heterocycles. The van der Waals surface area contributed by atoms with Crippen LogP contribution >= 0.6 is 0 Å². The van der Waals surface area contributed by atoms with Crippen LogP contribution in [0.4, 0.5) is 4.79 Å². The second-order valence-electron chi connectivity index (χ2n) is 4.88. The third-order valence-corrected chi connectivity index (χ3v) is 2.28. The molecule has 0 atom stereocenters. The van der Waals surface area contributed by atoms with Crippen LogP contribution in [0.3, 0.4) is 0 Å². The summed E-state index contributed by atoms with van der Waals surface area (Å²) >= 11 is 0. The van der Waals surface area contributed by atoms with Gasteiger partial charge in [-0.05, 0) is 26.8 Å². The number of carbonyl (C=O) groups is 2. The van der Waals surface area contributed by atoms with Gasteiger partial charge in [-0.1, -0.05) is 6.07 Å². The predicted molar refractivity (Wildman–Crippen MR) is 60.3 cm³/mol. The van der Waals surface area contributed by atoms with E-state index >= 15 is 0 Å². The van der Waals surface area contributed by atoms with E-state index in [1.807, 2.05) is 0 Å². The Hall–Kier alpha value is -1.91. The molecule has 0 radical (unpaired) electrons. The second kappa shape index (κ2) is 3.84. The monoisotopic (exact) mass is 234 g/mol. The number of pyridine rings is 1. The molecule has 0 aliphatic carbocycles. The van der Waals surface area contributed by atoms with Gasteiger partial charge in [-0.2, -0.15) is 0 Å². The number of nitrogens with zero attached hydrogens (tertiary/aromatic N) is 2. The number of fused-ring (bicyclic) bond motifs is 1. The molecule has 1 aromatic heterocycles. The van der Waals surface area contributed by atoms with E-state index in [1.54, 1.807) is 32.9 Å². The van der Waals surface area contributed by atoms with Crippen LogP contribution in [-0.2, 0) is 11.3 Å². The van der Waals surface area contributed by atoms with Gasteiger partial charge in [0.05, 0.1) is 6.54 Å². The Morgan fingerprint density at radius 2 is 2.18 bits per heavy atom. The highest BCUT2D eigenvalue weighted by Crippen LogP contribution is 2.22. The maximum atomic E-state index is 11.9. The molecule has 0 spiro atoms. The average Bonchev–Trinajstić information content (AvgIpc) is 2.55. The first-order valence-corrected chi connectivity index (χ1v) is 5.37. The van der Waals surface area contributed by atoms with Gasteiger partial charge in [0, 0.05) is 11.8 Å². The van der Waals surface area contributed by atoms with Gasteiger partial charge in [-0.3, -0.25) is 9.78 Å².